The van der Waals surface area contributed by atoms with Crippen LogP contribution in [0.15, 0.2) is 54.9 Å². The number of carbonyl (C=O) groups excluding carboxylic acids is 2. The van der Waals surface area contributed by atoms with Crippen LogP contribution in [-0.4, -0.2) is 34.7 Å². The van der Waals surface area contributed by atoms with E-state index in [1.54, 1.807) is 24.3 Å². The van der Waals surface area contributed by atoms with Crippen molar-refractivity contribution in [2.24, 2.45) is 0 Å². The van der Waals surface area contributed by atoms with Gasteiger partial charge in [-0.15, -0.1) is 0 Å². The van der Waals surface area contributed by atoms with Crippen molar-refractivity contribution in [3.8, 4) is 5.69 Å². The number of nitrogens with zero attached hydrogens (tertiary/aromatic N) is 2. The number of nitrogens with one attached hydrogen (secondary N) is 2. The molecule has 1 heterocycles. The largest absolute Gasteiger partial charge is 0.350 e. The SMILES string of the molecule is O=C(NCCNC(=O)c1cnn(-c2ccccc2F)c1)c1ccc(Cl)c(Cl)c1. The third-order valence-corrected chi connectivity index (χ3v) is 4.56. The Morgan fingerprint density at radius 3 is 2.32 bits per heavy atom. The molecule has 144 valence electrons. The molecule has 0 aliphatic carbocycles. The molecule has 0 atom stereocenters. The van der Waals surface area contributed by atoms with Crippen molar-refractivity contribution in [3.63, 3.8) is 0 Å². The highest BCUT2D eigenvalue weighted by atomic mass is 35.5. The van der Waals surface area contributed by atoms with Gasteiger partial charge in [0.1, 0.15) is 11.5 Å². The van der Waals surface area contributed by atoms with Gasteiger partial charge in [-0.25, -0.2) is 9.07 Å². The van der Waals surface area contributed by atoms with Crippen LogP contribution in [0.5, 0.6) is 0 Å². The van der Waals surface area contributed by atoms with Crippen molar-refractivity contribution in [2.45, 2.75) is 0 Å². The van der Waals surface area contributed by atoms with Gasteiger partial charge >= 0.3 is 0 Å². The molecule has 1 aromatic heterocycles. The first-order valence-electron chi connectivity index (χ1n) is 8.27. The summed E-state index contributed by atoms with van der Waals surface area (Å²) in [5.41, 5.74) is 0.890. The maximum atomic E-state index is 13.8. The van der Waals surface area contributed by atoms with Gasteiger partial charge in [0.15, 0.2) is 0 Å². The maximum Gasteiger partial charge on any atom is 0.254 e. The van der Waals surface area contributed by atoms with Gasteiger partial charge in [0.05, 0.1) is 21.8 Å². The molecule has 0 bridgehead atoms. The smallest absolute Gasteiger partial charge is 0.254 e. The Labute approximate surface area is 170 Å². The van der Waals surface area contributed by atoms with Crippen LogP contribution in [-0.2, 0) is 0 Å². The van der Waals surface area contributed by atoms with E-state index in [0.29, 0.717) is 10.6 Å². The fourth-order valence-electron chi connectivity index (χ4n) is 2.40. The Balaban J connectivity index is 1.50. The molecule has 2 N–H and O–H groups in total. The fourth-order valence-corrected chi connectivity index (χ4v) is 2.70. The van der Waals surface area contributed by atoms with Gasteiger partial charge in [0.25, 0.3) is 11.8 Å². The Morgan fingerprint density at radius 2 is 1.64 bits per heavy atom. The zero-order valence-electron chi connectivity index (χ0n) is 14.5. The second-order valence-electron chi connectivity index (χ2n) is 5.77. The first kappa shape index (κ1) is 19.9. The first-order valence-corrected chi connectivity index (χ1v) is 9.02. The molecule has 28 heavy (non-hydrogen) atoms. The summed E-state index contributed by atoms with van der Waals surface area (Å²) in [7, 11) is 0. The molecule has 0 saturated heterocycles. The Morgan fingerprint density at radius 1 is 0.964 bits per heavy atom. The van der Waals surface area contributed by atoms with E-state index in [4.69, 9.17) is 23.2 Å². The van der Waals surface area contributed by atoms with E-state index in [1.165, 1.54) is 35.3 Å². The van der Waals surface area contributed by atoms with Gasteiger partial charge in [0, 0.05) is 24.8 Å². The lowest BCUT2D eigenvalue weighted by atomic mass is 10.2. The van der Waals surface area contributed by atoms with E-state index in [1.807, 2.05) is 0 Å². The number of amides is 2. The number of carbonyl (C=O) groups is 2. The maximum absolute atomic E-state index is 13.8. The highest BCUT2D eigenvalue weighted by molar-refractivity contribution is 6.42. The third-order valence-electron chi connectivity index (χ3n) is 3.82. The van der Waals surface area contributed by atoms with Crippen molar-refractivity contribution < 1.29 is 14.0 Å². The minimum absolute atomic E-state index is 0.205. The minimum atomic E-state index is -0.442. The van der Waals surface area contributed by atoms with Crippen molar-refractivity contribution >= 4 is 35.0 Å². The standard InChI is InChI=1S/C19H15Cl2FN4O2/c20-14-6-5-12(9-15(14)21)18(27)23-7-8-24-19(28)13-10-25-26(11-13)17-4-2-1-3-16(17)22/h1-6,9-11H,7-8H2,(H,23,27)(H,24,28). The van der Waals surface area contributed by atoms with Crippen LogP contribution in [0, 0.1) is 5.82 Å². The van der Waals surface area contributed by atoms with Crippen LogP contribution in [0.2, 0.25) is 10.0 Å². The highest BCUT2D eigenvalue weighted by Crippen LogP contribution is 2.22. The molecular formula is C19H15Cl2FN4O2. The normalized spacial score (nSPS) is 10.5. The van der Waals surface area contributed by atoms with Crippen molar-refractivity contribution in [1.29, 1.82) is 0 Å². The van der Waals surface area contributed by atoms with E-state index in [2.05, 4.69) is 15.7 Å². The summed E-state index contributed by atoms with van der Waals surface area (Å²) in [5.74, 6) is -1.16. The van der Waals surface area contributed by atoms with Crippen LogP contribution >= 0.6 is 23.2 Å². The van der Waals surface area contributed by atoms with Crippen LogP contribution in [0.4, 0.5) is 4.39 Å². The molecule has 3 aromatic rings. The molecule has 2 amide bonds. The van der Waals surface area contributed by atoms with E-state index in [0.717, 1.165) is 0 Å². The van der Waals surface area contributed by atoms with Gasteiger partial charge in [-0.1, -0.05) is 35.3 Å². The summed E-state index contributed by atoms with van der Waals surface area (Å²) >= 11 is 11.7. The van der Waals surface area contributed by atoms with E-state index < -0.39 is 5.82 Å². The lowest BCUT2D eigenvalue weighted by Gasteiger charge is -2.07. The molecule has 0 aliphatic rings. The van der Waals surface area contributed by atoms with E-state index in [9.17, 15) is 14.0 Å². The van der Waals surface area contributed by atoms with Crippen LogP contribution < -0.4 is 10.6 Å². The zero-order chi connectivity index (χ0) is 20.1. The summed E-state index contributed by atoms with van der Waals surface area (Å²) in [6.07, 6.45) is 2.78. The number of benzene rings is 2. The van der Waals surface area contributed by atoms with Gasteiger partial charge in [0.2, 0.25) is 0 Å². The summed E-state index contributed by atoms with van der Waals surface area (Å²) in [6, 6.07) is 10.7. The molecule has 0 spiro atoms. The number of hydrogen-bond donors (Lipinski definition) is 2. The van der Waals surface area contributed by atoms with Crippen LogP contribution in [0.25, 0.3) is 5.69 Å². The molecule has 2 aromatic carbocycles. The topological polar surface area (TPSA) is 76.0 Å². The summed E-state index contributed by atoms with van der Waals surface area (Å²) in [5, 5.41) is 9.97. The lowest BCUT2D eigenvalue weighted by molar-refractivity contribution is 0.0927. The Kier molecular flexibility index (Phi) is 6.28. The molecule has 0 aliphatic heterocycles. The van der Waals surface area contributed by atoms with Crippen molar-refractivity contribution in [3.05, 3.63) is 81.8 Å². The Hall–Kier alpha value is -2.90. The third kappa shape index (κ3) is 4.68. The van der Waals surface area contributed by atoms with E-state index in [-0.39, 0.29) is 41.2 Å². The predicted molar refractivity (Wildman–Crippen MR) is 105 cm³/mol. The van der Waals surface area contributed by atoms with Gasteiger partial charge in [-0.2, -0.15) is 5.10 Å². The second kappa shape index (κ2) is 8.86. The molecule has 0 fully saturated rings. The summed E-state index contributed by atoms with van der Waals surface area (Å²) in [4.78, 5) is 24.2. The predicted octanol–water partition coefficient (Wildman–Crippen LogP) is 3.48. The van der Waals surface area contributed by atoms with Crippen LogP contribution in [0.1, 0.15) is 20.7 Å². The molecule has 0 unspecified atom stereocenters. The molecule has 6 nitrogen and oxygen atoms in total. The molecule has 3 rings (SSSR count). The number of rotatable bonds is 6. The minimum Gasteiger partial charge on any atom is -0.350 e. The van der Waals surface area contributed by atoms with Crippen molar-refractivity contribution in [1.82, 2.24) is 20.4 Å². The van der Waals surface area contributed by atoms with Gasteiger partial charge in [-0.3, -0.25) is 9.59 Å². The monoisotopic (exact) mass is 420 g/mol. The summed E-state index contributed by atoms with van der Waals surface area (Å²) < 4.78 is 15.1. The van der Waals surface area contributed by atoms with Crippen molar-refractivity contribution in [2.75, 3.05) is 13.1 Å². The van der Waals surface area contributed by atoms with Crippen LogP contribution in [0.3, 0.4) is 0 Å². The molecule has 0 radical (unpaired) electrons. The number of aromatic nitrogens is 2. The number of halogens is 3. The molecule has 0 saturated carbocycles. The summed E-state index contributed by atoms with van der Waals surface area (Å²) in [6.45, 7) is 0.420. The average molecular weight is 421 g/mol. The van der Waals surface area contributed by atoms with Gasteiger partial charge < -0.3 is 10.6 Å². The van der Waals surface area contributed by atoms with Gasteiger partial charge in [-0.05, 0) is 30.3 Å². The number of para-hydroxylation sites is 1. The zero-order valence-corrected chi connectivity index (χ0v) is 16.0. The molecular weight excluding hydrogens is 406 g/mol. The first-order chi connectivity index (χ1) is 13.5. The highest BCUT2D eigenvalue weighted by Gasteiger charge is 2.12. The fraction of sp³-hybridized carbons (Fsp3) is 0.105. The quantitative estimate of drug-likeness (QED) is 0.599. The average Bonchev–Trinajstić information content (AvgIpc) is 3.17. The Bertz CT molecular complexity index is 1020. The molecule has 9 heteroatoms. The second-order valence-corrected chi connectivity index (χ2v) is 6.58. The number of hydrogen-bond acceptors (Lipinski definition) is 3. The lowest BCUT2D eigenvalue weighted by Crippen LogP contribution is -2.34. The van der Waals surface area contributed by atoms with E-state index >= 15 is 0 Å².